The predicted molar refractivity (Wildman–Crippen MR) is 119 cm³/mol. The molecule has 27 heavy (non-hydrogen) atoms. The highest BCUT2D eigenvalue weighted by Crippen LogP contribution is 2.24. The minimum atomic E-state index is -0.136. The van der Waals surface area contributed by atoms with Gasteiger partial charge in [-0.1, -0.05) is 19.1 Å². The molecule has 1 fully saturated rings. The Morgan fingerprint density at radius 1 is 1.33 bits per heavy atom. The molecule has 1 aromatic carbocycles. The van der Waals surface area contributed by atoms with Crippen molar-refractivity contribution in [3.05, 3.63) is 29.3 Å². The van der Waals surface area contributed by atoms with Gasteiger partial charge in [0.25, 0.3) is 0 Å². The Morgan fingerprint density at radius 3 is 2.70 bits per heavy atom. The number of methoxy groups -OCH3 is 2. The Kier molecular flexibility index (Phi) is 9.90. The lowest BCUT2D eigenvalue weighted by Crippen LogP contribution is -2.40. The van der Waals surface area contributed by atoms with E-state index in [2.05, 4.69) is 42.3 Å². The maximum atomic E-state index is 11.9. The first-order valence-corrected chi connectivity index (χ1v) is 9.24. The summed E-state index contributed by atoms with van der Waals surface area (Å²) in [5.74, 6) is 1.80. The number of guanidine groups is 1. The van der Waals surface area contributed by atoms with Crippen LogP contribution in [0.15, 0.2) is 23.2 Å². The van der Waals surface area contributed by atoms with Gasteiger partial charge >= 0.3 is 5.97 Å². The number of halogens is 1. The van der Waals surface area contributed by atoms with Crippen molar-refractivity contribution in [2.24, 2.45) is 16.8 Å². The Labute approximate surface area is 179 Å². The summed E-state index contributed by atoms with van der Waals surface area (Å²) in [6.07, 6.45) is 0.843. The zero-order valence-corrected chi connectivity index (χ0v) is 19.3. The first-order chi connectivity index (χ1) is 12.5. The summed E-state index contributed by atoms with van der Waals surface area (Å²) < 4.78 is 10.3. The minimum Gasteiger partial charge on any atom is -0.496 e. The van der Waals surface area contributed by atoms with Gasteiger partial charge in [-0.15, -0.1) is 24.0 Å². The molecule has 1 aromatic rings. The molecule has 0 saturated carbocycles. The van der Waals surface area contributed by atoms with Crippen LogP contribution in [0.3, 0.4) is 0 Å². The van der Waals surface area contributed by atoms with Crippen molar-refractivity contribution in [3.8, 4) is 5.75 Å². The number of hydrogen-bond acceptors (Lipinski definition) is 4. The van der Waals surface area contributed by atoms with Crippen molar-refractivity contribution in [2.45, 2.75) is 27.2 Å². The molecule has 1 N–H and O–H groups in total. The van der Waals surface area contributed by atoms with E-state index in [1.165, 1.54) is 12.7 Å². The molecule has 2 atom stereocenters. The van der Waals surface area contributed by atoms with Crippen molar-refractivity contribution in [3.63, 3.8) is 0 Å². The van der Waals surface area contributed by atoms with Crippen molar-refractivity contribution in [1.29, 1.82) is 0 Å². The highest BCUT2D eigenvalue weighted by atomic mass is 127. The third-order valence-electron chi connectivity index (χ3n) is 4.89. The predicted octanol–water partition coefficient (Wildman–Crippen LogP) is 2.87. The number of nitrogens with zero attached hydrogens (tertiary/aromatic N) is 2. The number of aryl methyl sites for hydroxylation is 1. The van der Waals surface area contributed by atoms with Crippen LogP contribution in [-0.4, -0.2) is 57.2 Å². The Balaban J connectivity index is 0.00000364. The highest BCUT2D eigenvalue weighted by Gasteiger charge is 2.36. The van der Waals surface area contributed by atoms with Crippen LogP contribution in [0.1, 0.15) is 25.0 Å². The van der Waals surface area contributed by atoms with E-state index in [1.807, 2.05) is 6.92 Å². The number of benzene rings is 1. The molecule has 152 valence electrons. The number of aliphatic imine (C=N–C) groups is 1. The molecule has 1 saturated heterocycles. The molecule has 0 bridgehead atoms. The summed E-state index contributed by atoms with van der Waals surface area (Å²) >= 11 is 0. The van der Waals surface area contributed by atoms with E-state index in [-0.39, 0.29) is 41.8 Å². The Hall–Kier alpha value is -1.51. The molecule has 2 rings (SSSR count). The van der Waals surface area contributed by atoms with E-state index in [0.29, 0.717) is 13.1 Å². The van der Waals surface area contributed by atoms with Crippen molar-refractivity contribution >= 4 is 35.9 Å². The second-order valence-corrected chi connectivity index (χ2v) is 6.80. The van der Waals surface area contributed by atoms with Crippen LogP contribution in [0.2, 0.25) is 0 Å². The van der Waals surface area contributed by atoms with E-state index in [4.69, 9.17) is 14.5 Å². The number of carbonyl (C=O) groups excluding carboxylic acids is 1. The topological polar surface area (TPSA) is 63.2 Å². The third kappa shape index (κ3) is 6.26. The lowest BCUT2D eigenvalue weighted by molar-refractivity contribution is -0.145. The van der Waals surface area contributed by atoms with Gasteiger partial charge in [-0.25, -0.2) is 0 Å². The standard InChI is InChI=1S/C20H31N3O3.HI/c1-6-21-20(23-12-15(3)17(13-23)19(24)26-5)22-10-9-16-8-7-14(2)18(11-16)25-4;/h7-8,11,15,17H,6,9-10,12-13H2,1-5H3,(H,21,22);1H. The van der Waals surface area contributed by atoms with Crippen LogP contribution in [-0.2, 0) is 16.0 Å². The van der Waals surface area contributed by atoms with Gasteiger partial charge in [-0.3, -0.25) is 9.79 Å². The van der Waals surface area contributed by atoms with Crippen molar-refractivity contribution < 1.29 is 14.3 Å². The second kappa shape index (κ2) is 11.4. The molecule has 1 aliphatic heterocycles. The van der Waals surface area contributed by atoms with Gasteiger partial charge in [-0.05, 0) is 43.4 Å². The summed E-state index contributed by atoms with van der Waals surface area (Å²) in [5.41, 5.74) is 2.34. The quantitative estimate of drug-likeness (QED) is 0.288. The number of hydrogen-bond donors (Lipinski definition) is 1. The molecule has 0 spiro atoms. The molecule has 1 heterocycles. The molecule has 1 aliphatic rings. The molecule has 0 amide bonds. The normalized spacial score (nSPS) is 19.4. The molecular formula is C20H32IN3O3. The minimum absolute atomic E-state index is 0. The van der Waals surface area contributed by atoms with Crippen LogP contribution < -0.4 is 10.1 Å². The molecule has 0 aliphatic carbocycles. The number of nitrogens with one attached hydrogen (secondary N) is 1. The van der Waals surface area contributed by atoms with E-state index < -0.39 is 0 Å². The summed E-state index contributed by atoms with van der Waals surface area (Å²) in [5, 5.41) is 3.34. The number of carbonyl (C=O) groups is 1. The fourth-order valence-corrected chi connectivity index (χ4v) is 3.33. The summed E-state index contributed by atoms with van der Waals surface area (Å²) in [7, 11) is 3.15. The van der Waals surface area contributed by atoms with Gasteiger partial charge in [0.1, 0.15) is 5.75 Å². The summed E-state index contributed by atoms with van der Waals surface area (Å²) in [4.78, 5) is 18.8. The molecular weight excluding hydrogens is 457 g/mol. The Bertz CT molecular complexity index is 651. The SMILES string of the molecule is CCNC(=NCCc1ccc(C)c(OC)c1)N1CC(C)C(C(=O)OC)C1.I. The average Bonchev–Trinajstić information content (AvgIpc) is 3.03. The van der Waals surface area contributed by atoms with Crippen molar-refractivity contribution in [2.75, 3.05) is 40.4 Å². The lowest BCUT2D eigenvalue weighted by atomic mass is 9.99. The van der Waals surface area contributed by atoms with Crippen LogP contribution in [0, 0.1) is 18.8 Å². The van der Waals surface area contributed by atoms with E-state index >= 15 is 0 Å². The maximum absolute atomic E-state index is 11.9. The van der Waals surface area contributed by atoms with Crippen molar-refractivity contribution in [1.82, 2.24) is 10.2 Å². The van der Waals surface area contributed by atoms with E-state index in [0.717, 1.165) is 36.8 Å². The van der Waals surface area contributed by atoms with E-state index in [1.54, 1.807) is 7.11 Å². The highest BCUT2D eigenvalue weighted by molar-refractivity contribution is 14.0. The summed E-state index contributed by atoms with van der Waals surface area (Å²) in [6.45, 7) is 9.12. The van der Waals surface area contributed by atoms with Gasteiger partial charge in [0.15, 0.2) is 5.96 Å². The Morgan fingerprint density at radius 2 is 2.07 bits per heavy atom. The average molecular weight is 489 g/mol. The maximum Gasteiger partial charge on any atom is 0.310 e. The largest absolute Gasteiger partial charge is 0.496 e. The van der Waals surface area contributed by atoms with Gasteiger partial charge < -0.3 is 19.7 Å². The zero-order chi connectivity index (χ0) is 19.1. The smallest absolute Gasteiger partial charge is 0.310 e. The van der Waals surface area contributed by atoms with Gasteiger partial charge in [0.05, 0.1) is 20.1 Å². The fourth-order valence-electron chi connectivity index (χ4n) is 3.33. The number of rotatable bonds is 6. The first kappa shape index (κ1) is 23.5. The molecule has 2 unspecified atom stereocenters. The molecule has 0 aromatic heterocycles. The van der Waals surface area contributed by atoms with Gasteiger partial charge in [0.2, 0.25) is 0 Å². The van der Waals surface area contributed by atoms with E-state index in [9.17, 15) is 4.79 Å². The number of esters is 1. The lowest BCUT2D eigenvalue weighted by Gasteiger charge is -2.21. The fraction of sp³-hybridized carbons (Fsp3) is 0.600. The first-order valence-electron chi connectivity index (χ1n) is 9.24. The third-order valence-corrected chi connectivity index (χ3v) is 4.89. The summed E-state index contributed by atoms with van der Waals surface area (Å²) in [6, 6.07) is 6.26. The molecule has 6 nitrogen and oxygen atoms in total. The van der Waals surface area contributed by atoms with Gasteiger partial charge in [0, 0.05) is 26.2 Å². The van der Waals surface area contributed by atoms with Gasteiger partial charge in [-0.2, -0.15) is 0 Å². The van der Waals surface area contributed by atoms with Crippen LogP contribution in [0.4, 0.5) is 0 Å². The van der Waals surface area contributed by atoms with Crippen LogP contribution >= 0.6 is 24.0 Å². The zero-order valence-electron chi connectivity index (χ0n) is 16.9. The molecule has 0 radical (unpaired) electrons. The molecule has 7 heteroatoms. The van der Waals surface area contributed by atoms with Crippen LogP contribution in [0.25, 0.3) is 0 Å². The number of ether oxygens (including phenoxy) is 2. The number of likely N-dealkylation sites (tertiary alicyclic amines) is 1. The second-order valence-electron chi connectivity index (χ2n) is 6.80. The van der Waals surface area contributed by atoms with Crippen LogP contribution in [0.5, 0.6) is 5.75 Å². The monoisotopic (exact) mass is 489 g/mol.